The zero-order valence-corrected chi connectivity index (χ0v) is 18.5. The smallest absolute Gasteiger partial charge is 0.336 e. The van der Waals surface area contributed by atoms with Gasteiger partial charge >= 0.3 is 5.97 Å². The zero-order valence-electron chi connectivity index (χ0n) is 17.7. The van der Waals surface area contributed by atoms with Gasteiger partial charge in [-0.2, -0.15) is 0 Å². The quantitative estimate of drug-likeness (QED) is 0.254. The summed E-state index contributed by atoms with van der Waals surface area (Å²) in [6.07, 6.45) is 0.0186. The summed E-state index contributed by atoms with van der Waals surface area (Å²) in [7, 11) is 1.50. The minimum absolute atomic E-state index is 0.0186. The Kier molecular flexibility index (Phi) is 7.61. The Labute approximate surface area is 190 Å². The second kappa shape index (κ2) is 10.4. The first-order valence-corrected chi connectivity index (χ1v) is 10.4. The molecule has 0 saturated carbocycles. The van der Waals surface area contributed by atoms with E-state index in [4.69, 9.17) is 21.1 Å². The maximum Gasteiger partial charge on any atom is 0.336 e. The highest BCUT2D eigenvalue weighted by molar-refractivity contribution is 6.31. The van der Waals surface area contributed by atoms with Crippen LogP contribution >= 0.6 is 11.6 Å². The van der Waals surface area contributed by atoms with Gasteiger partial charge in [0.15, 0.2) is 0 Å². The number of halogens is 1. The molecule has 0 radical (unpaired) electrons. The van der Waals surface area contributed by atoms with Gasteiger partial charge in [-0.1, -0.05) is 41.9 Å². The van der Waals surface area contributed by atoms with E-state index in [0.717, 1.165) is 0 Å². The molecular formula is C23H23ClN2O6. The van der Waals surface area contributed by atoms with E-state index in [1.165, 1.54) is 24.1 Å². The molecule has 8 nitrogen and oxygen atoms in total. The van der Waals surface area contributed by atoms with Crippen molar-refractivity contribution in [1.82, 2.24) is 4.90 Å². The zero-order chi connectivity index (χ0) is 23.3. The van der Waals surface area contributed by atoms with Crippen molar-refractivity contribution in [2.75, 3.05) is 20.3 Å². The summed E-state index contributed by atoms with van der Waals surface area (Å²) in [5.74, 6) is -1.33. The van der Waals surface area contributed by atoms with Crippen LogP contribution in [0.15, 0.2) is 59.8 Å². The van der Waals surface area contributed by atoms with Gasteiger partial charge in [0.25, 0.3) is 5.69 Å². The lowest BCUT2D eigenvalue weighted by Gasteiger charge is -2.34. The number of amides is 1. The molecule has 0 fully saturated rings. The fourth-order valence-corrected chi connectivity index (χ4v) is 4.01. The van der Waals surface area contributed by atoms with Crippen LogP contribution in [-0.4, -0.2) is 42.0 Å². The van der Waals surface area contributed by atoms with E-state index in [9.17, 15) is 19.7 Å². The number of carbonyl (C=O) groups excluding carboxylic acids is 2. The number of hydrogen-bond acceptors (Lipinski definition) is 6. The fourth-order valence-electron chi connectivity index (χ4n) is 3.74. The number of esters is 1. The van der Waals surface area contributed by atoms with Crippen LogP contribution in [0.3, 0.4) is 0 Å². The molecule has 1 aliphatic rings. The second-order valence-corrected chi connectivity index (χ2v) is 7.72. The Morgan fingerprint density at radius 3 is 2.66 bits per heavy atom. The molecule has 1 unspecified atom stereocenters. The van der Waals surface area contributed by atoms with Gasteiger partial charge in [-0.25, -0.2) is 4.79 Å². The van der Waals surface area contributed by atoms with Crippen LogP contribution in [0.1, 0.15) is 30.4 Å². The van der Waals surface area contributed by atoms with Crippen molar-refractivity contribution in [2.45, 2.75) is 25.8 Å². The Balaban J connectivity index is 2.01. The Morgan fingerprint density at radius 1 is 1.22 bits per heavy atom. The maximum atomic E-state index is 13.1. The average Bonchev–Trinajstić information content (AvgIpc) is 2.77. The lowest BCUT2D eigenvalue weighted by Crippen LogP contribution is -2.38. The van der Waals surface area contributed by atoms with Gasteiger partial charge in [-0.15, -0.1) is 0 Å². The molecule has 0 N–H and O–H groups in total. The molecule has 1 atom stereocenters. The number of allylic oxidation sites excluding steroid dienone is 1. The Morgan fingerprint density at radius 2 is 1.97 bits per heavy atom. The van der Waals surface area contributed by atoms with Gasteiger partial charge in [0.05, 0.1) is 23.6 Å². The number of hydrogen-bond donors (Lipinski definition) is 0. The highest BCUT2D eigenvalue weighted by Crippen LogP contribution is 2.40. The summed E-state index contributed by atoms with van der Waals surface area (Å²) in [6.45, 7) is 2.08. The molecule has 2 aromatic carbocycles. The predicted molar refractivity (Wildman–Crippen MR) is 118 cm³/mol. The van der Waals surface area contributed by atoms with E-state index in [1.54, 1.807) is 43.3 Å². The normalized spacial score (nSPS) is 16.3. The highest BCUT2D eigenvalue weighted by Gasteiger charge is 2.37. The third-order valence-corrected chi connectivity index (χ3v) is 5.65. The van der Waals surface area contributed by atoms with Crippen LogP contribution in [-0.2, 0) is 25.6 Å². The highest BCUT2D eigenvalue weighted by atomic mass is 35.5. The van der Waals surface area contributed by atoms with Crippen LogP contribution in [0.4, 0.5) is 5.69 Å². The van der Waals surface area contributed by atoms with Gasteiger partial charge in [0, 0.05) is 42.3 Å². The van der Waals surface area contributed by atoms with Crippen LogP contribution in [0.5, 0.6) is 0 Å². The maximum absolute atomic E-state index is 13.1. The van der Waals surface area contributed by atoms with Gasteiger partial charge in [0.2, 0.25) is 5.91 Å². The number of carbonyl (C=O) groups is 2. The third kappa shape index (κ3) is 5.15. The standard InChI is InChI=1S/C23H23ClN2O6/c1-15-22(23(28)32-11-10-31-2)19(18-8-3-4-9-20(18)24)13-21(27)25(15)14-16-6-5-7-17(12-16)26(29)30/h3-9,12,19H,10-11,13-14H2,1-2H3. The molecule has 1 amide bonds. The summed E-state index contributed by atoms with van der Waals surface area (Å²) in [5.41, 5.74) is 1.94. The van der Waals surface area contributed by atoms with Crippen molar-refractivity contribution in [3.63, 3.8) is 0 Å². The SMILES string of the molecule is COCCOC(=O)C1=C(C)N(Cc2cccc([N+](=O)[O-])c2)C(=O)CC1c1ccccc1Cl. The van der Waals surface area contributed by atoms with E-state index < -0.39 is 16.8 Å². The summed E-state index contributed by atoms with van der Waals surface area (Å²) in [6, 6.07) is 13.1. The molecule has 0 aromatic heterocycles. The van der Waals surface area contributed by atoms with Crippen molar-refractivity contribution in [1.29, 1.82) is 0 Å². The molecular weight excluding hydrogens is 436 g/mol. The summed E-state index contributed by atoms with van der Waals surface area (Å²) in [4.78, 5) is 38.2. The lowest BCUT2D eigenvalue weighted by atomic mass is 9.83. The third-order valence-electron chi connectivity index (χ3n) is 5.31. The Bertz CT molecular complexity index is 1070. The van der Waals surface area contributed by atoms with E-state index >= 15 is 0 Å². The van der Waals surface area contributed by atoms with Crippen LogP contribution < -0.4 is 0 Å². The monoisotopic (exact) mass is 458 g/mol. The minimum Gasteiger partial charge on any atom is -0.460 e. The predicted octanol–water partition coefficient (Wildman–Crippen LogP) is 4.23. The number of nitro benzene ring substituents is 1. The number of nitro groups is 1. The van der Waals surface area contributed by atoms with E-state index in [-0.39, 0.29) is 37.8 Å². The molecule has 168 valence electrons. The van der Waals surface area contributed by atoms with Crippen LogP contribution in [0, 0.1) is 10.1 Å². The molecule has 9 heteroatoms. The number of methoxy groups -OCH3 is 1. The number of benzene rings is 2. The van der Waals surface area contributed by atoms with Gasteiger partial charge in [0.1, 0.15) is 6.61 Å². The molecule has 0 spiro atoms. The van der Waals surface area contributed by atoms with E-state index in [2.05, 4.69) is 0 Å². The number of nitrogens with zero attached hydrogens (tertiary/aromatic N) is 2. The van der Waals surface area contributed by atoms with Crippen molar-refractivity contribution in [3.8, 4) is 0 Å². The van der Waals surface area contributed by atoms with Crippen LogP contribution in [0.25, 0.3) is 0 Å². The van der Waals surface area contributed by atoms with Crippen molar-refractivity contribution < 1.29 is 24.0 Å². The molecule has 32 heavy (non-hydrogen) atoms. The molecule has 3 rings (SSSR count). The van der Waals surface area contributed by atoms with Gasteiger partial charge in [-0.05, 0) is 24.1 Å². The number of non-ortho nitro benzene ring substituents is 1. The van der Waals surface area contributed by atoms with E-state index in [0.29, 0.717) is 27.4 Å². The van der Waals surface area contributed by atoms with Crippen molar-refractivity contribution in [2.24, 2.45) is 0 Å². The summed E-state index contributed by atoms with van der Waals surface area (Å²) < 4.78 is 10.3. The van der Waals surface area contributed by atoms with Crippen LogP contribution in [0.2, 0.25) is 5.02 Å². The first-order chi connectivity index (χ1) is 15.3. The average molecular weight is 459 g/mol. The topological polar surface area (TPSA) is 99.0 Å². The number of rotatable bonds is 8. The minimum atomic E-state index is -0.562. The first-order valence-electron chi connectivity index (χ1n) is 9.98. The van der Waals surface area contributed by atoms with Gasteiger partial charge < -0.3 is 14.4 Å². The van der Waals surface area contributed by atoms with Gasteiger partial charge in [-0.3, -0.25) is 14.9 Å². The summed E-state index contributed by atoms with van der Waals surface area (Å²) in [5, 5.41) is 11.6. The Hall–Kier alpha value is -3.23. The van der Waals surface area contributed by atoms with Crippen molar-refractivity contribution in [3.05, 3.63) is 86.1 Å². The molecule has 0 aliphatic carbocycles. The summed E-state index contributed by atoms with van der Waals surface area (Å²) >= 11 is 6.38. The van der Waals surface area contributed by atoms with Crippen molar-refractivity contribution >= 4 is 29.2 Å². The lowest BCUT2D eigenvalue weighted by molar-refractivity contribution is -0.384. The molecule has 1 aliphatic heterocycles. The molecule has 0 bridgehead atoms. The molecule has 2 aromatic rings. The molecule has 0 saturated heterocycles. The first kappa shape index (κ1) is 23.4. The fraction of sp³-hybridized carbons (Fsp3) is 0.304. The largest absolute Gasteiger partial charge is 0.460 e. The number of ether oxygens (including phenoxy) is 2. The molecule has 1 heterocycles. The van der Waals surface area contributed by atoms with E-state index in [1.807, 2.05) is 0 Å². The second-order valence-electron chi connectivity index (χ2n) is 7.31.